The van der Waals surface area contributed by atoms with E-state index in [0.717, 1.165) is 0 Å². The van der Waals surface area contributed by atoms with E-state index < -0.39 is 12.1 Å². The van der Waals surface area contributed by atoms with Crippen LogP contribution in [0.4, 0.5) is 0 Å². The molecule has 2 aliphatic heterocycles. The molecular weight excluding hydrogens is 264 g/mol. The number of carboxylic acids is 1. The van der Waals surface area contributed by atoms with Crippen LogP contribution in [0.3, 0.4) is 0 Å². The quantitative estimate of drug-likeness (QED) is 0.716. The molecular formula is C13H20N2O5. The molecule has 0 aromatic rings. The van der Waals surface area contributed by atoms with Gasteiger partial charge in [-0.2, -0.15) is 0 Å². The third-order valence-electron chi connectivity index (χ3n) is 3.85. The van der Waals surface area contributed by atoms with E-state index in [2.05, 4.69) is 5.32 Å². The van der Waals surface area contributed by atoms with Gasteiger partial charge in [0.1, 0.15) is 0 Å². The number of ether oxygens (including phenoxy) is 1. The molecule has 2 saturated heterocycles. The van der Waals surface area contributed by atoms with Crippen LogP contribution in [0.2, 0.25) is 0 Å². The van der Waals surface area contributed by atoms with Gasteiger partial charge >= 0.3 is 5.97 Å². The second-order valence-electron chi connectivity index (χ2n) is 5.24. The SMILES string of the molecule is CCN1CC(C(=O)NCC2CCC(C(=O)O)O2)CC1=O. The molecule has 0 aliphatic carbocycles. The Kier molecular flexibility index (Phi) is 4.59. The van der Waals surface area contributed by atoms with E-state index >= 15 is 0 Å². The van der Waals surface area contributed by atoms with Crippen LogP contribution in [0.25, 0.3) is 0 Å². The maximum atomic E-state index is 12.0. The maximum absolute atomic E-state index is 12.0. The van der Waals surface area contributed by atoms with Crippen LogP contribution in [0.5, 0.6) is 0 Å². The highest BCUT2D eigenvalue weighted by atomic mass is 16.5. The summed E-state index contributed by atoms with van der Waals surface area (Å²) in [6.45, 7) is 3.27. The minimum Gasteiger partial charge on any atom is -0.479 e. The summed E-state index contributed by atoms with van der Waals surface area (Å²) >= 11 is 0. The average Bonchev–Trinajstić information content (AvgIpc) is 3.02. The van der Waals surface area contributed by atoms with Crippen molar-refractivity contribution in [3.63, 3.8) is 0 Å². The highest BCUT2D eigenvalue weighted by molar-refractivity contribution is 5.89. The fourth-order valence-electron chi connectivity index (χ4n) is 2.65. The van der Waals surface area contributed by atoms with Crippen LogP contribution in [0.15, 0.2) is 0 Å². The highest BCUT2D eigenvalue weighted by Crippen LogP contribution is 2.20. The molecule has 2 fully saturated rings. The summed E-state index contributed by atoms with van der Waals surface area (Å²) in [5.41, 5.74) is 0. The second kappa shape index (κ2) is 6.21. The summed E-state index contributed by atoms with van der Waals surface area (Å²) in [5.74, 6) is -1.41. The summed E-state index contributed by atoms with van der Waals surface area (Å²) in [6.07, 6.45) is 0.340. The Hall–Kier alpha value is -1.63. The molecule has 0 aromatic heterocycles. The van der Waals surface area contributed by atoms with E-state index in [-0.39, 0.29) is 30.3 Å². The standard InChI is InChI=1S/C13H20N2O5/c1-2-15-7-8(5-11(15)16)12(17)14-6-9-3-4-10(20-9)13(18)19/h8-10H,2-7H2,1H3,(H,14,17)(H,18,19). The number of aliphatic carboxylic acids is 1. The summed E-state index contributed by atoms with van der Waals surface area (Å²) in [5, 5.41) is 11.6. The largest absolute Gasteiger partial charge is 0.479 e. The molecule has 3 atom stereocenters. The number of nitrogens with one attached hydrogen (secondary N) is 1. The lowest BCUT2D eigenvalue weighted by atomic mass is 10.1. The Labute approximate surface area is 117 Å². The third kappa shape index (κ3) is 3.27. The monoisotopic (exact) mass is 284 g/mol. The van der Waals surface area contributed by atoms with Crippen molar-refractivity contribution in [1.29, 1.82) is 0 Å². The number of nitrogens with zero attached hydrogens (tertiary/aromatic N) is 1. The first-order valence-electron chi connectivity index (χ1n) is 6.95. The Bertz CT molecular complexity index is 412. The lowest BCUT2D eigenvalue weighted by molar-refractivity contribution is -0.149. The fraction of sp³-hybridized carbons (Fsp3) is 0.769. The van der Waals surface area contributed by atoms with Gasteiger partial charge in [0.25, 0.3) is 0 Å². The zero-order valence-electron chi connectivity index (χ0n) is 11.5. The van der Waals surface area contributed by atoms with Gasteiger partial charge in [-0.1, -0.05) is 0 Å². The maximum Gasteiger partial charge on any atom is 0.332 e. The van der Waals surface area contributed by atoms with Gasteiger partial charge in [-0.25, -0.2) is 4.79 Å². The molecule has 2 rings (SSSR count). The van der Waals surface area contributed by atoms with Gasteiger partial charge in [-0.05, 0) is 19.8 Å². The Balaban J connectivity index is 1.74. The van der Waals surface area contributed by atoms with E-state index in [1.165, 1.54) is 0 Å². The summed E-state index contributed by atoms with van der Waals surface area (Å²) < 4.78 is 5.31. The Morgan fingerprint density at radius 3 is 2.75 bits per heavy atom. The third-order valence-corrected chi connectivity index (χ3v) is 3.85. The van der Waals surface area contributed by atoms with E-state index in [4.69, 9.17) is 9.84 Å². The fourth-order valence-corrected chi connectivity index (χ4v) is 2.65. The van der Waals surface area contributed by atoms with E-state index in [0.29, 0.717) is 32.5 Å². The Morgan fingerprint density at radius 1 is 1.45 bits per heavy atom. The van der Waals surface area contributed by atoms with Gasteiger partial charge in [-0.3, -0.25) is 9.59 Å². The lowest BCUT2D eigenvalue weighted by Gasteiger charge is -2.15. The van der Waals surface area contributed by atoms with E-state index in [9.17, 15) is 14.4 Å². The number of amides is 2. The van der Waals surface area contributed by atoms with Crippen LogP contribution >= 0.6 is 0 Å². The second-order valence-corrected chi connectivity index (χ2v) is 5.24. The van der Waals surface area contributed by atoms with E-state index in [1.807, 2.05) is 6.92 Å². The normalized spacial score (nSPS) is 29.8. The topological polar surface area (TPSA) is 95.9 Å². The molecule has 3 unspecified atom stereocenters. The number of carbonyl (C=O) groups is 3. The van der Waals surface area contributed by atoms with Crippen molar-refractivity contribution in [3.8, 4) is 0 Å². The summed E-state index contributed by atoms with van der Waals surface area (Å²) in [6, 6.07) is 0. The first-order chi connectivity index (χ1) is 9.51. The number of likely N-dealkylation sites (tertiary alicyclic amines) is 1. The molecule has 7 heteroatoms. The number of hydrogen-bond acceptors (Lipinski definition) is 4. The van der Waals surface area contributed by atoms with Crippen molar-refractivity contribution in [2.24, 2.45) is 5.92 Å². The molecule has 0 spiro atoms. The number of carbonyl (C=O) groups excluding carboxylic acids is 2. The number of hydrogen-bond donors (Lipinski definition) is 2. The van der Waals surface area contributed by atoms with Crippen LogP contribution in [0.1, 0.15) is 26.2 Å². The molecule has 112 valence electrons. The first kappa shape index (κ1) is 14.8. The molecule has 0 bridgehead atoms. The minimum atomic E-state index is -0.959. The van der Waals surface area contributed by atoms with Crippen molar-refractivity contribution < 1.29 is 24.2 Å². The van der Waals surface area contributed by atoms with Gasteiger partial charge in [0.05, 0.1) is 12.0 Å². The molecule has 0 radical (unpaired) electrons. The smallest absolute Gasteiger partial charge is 0.332 e. The zero-order chi connectivity index (χ0) is 14.7. The van der Waals surface area contributed by atoms with Crippen LogP contribution < -0.4 is 5.32 Å². The minimum absolute atomic E-state index is 0.00991. The van der Waals surface area contributed by atoms with Gasteiger partial charge in [0, 0.05) is 26.1 Å². The van der Waals surface area contributed by atoms with Crippen molar-refractivity contribution in [2.75, 3.05) is 19.6 Å². The highest BCUT2D eigenvalue weighted by Gasteiger charge is 2.35. The molecule has 0 saturated carbocycles. The van der Waals surface area contributed by atoms with Crippen LogP contribution in [0, 0.1) is 5.92 Å². The van der Waals surface area contributed by atoms with Gasteiger partial charge in [0.2, 0.25) is 11.8 Å². The van der Waals surface area contributed by atoms with Crippen molar-refractivity contribution >= 4 is 17.8 Å². The lowest BCUT2D eigenvalue weighted by Crippen LogP contribution is -2.37. The van der Waals surface area contributed by atoms with Crippen molar-refractivity contribution in [3.05, 3.63) is 0 Å². The van der Waals surface area contributed by atoms with Crippen molar-refractivity contribution in [1.82, 2.24) is 10.2 Å². The zero-order valence-corrected chi connectivity index (χ0v) is 11.5. The Morgan fingerprint density at radius 2 is 2.20 bits per heavy atom. The molecule has 0 aromatic carbocycles. The van der Waals surface area contributed by atoms with E-state index in [1.54, 1.807) is 4.90 Å². The summed E-state index contributed by atoms with van der Waals surface area (Å²) in [4.78, 5) is 35.9. The average molecular weight is 284 g/mol. The molecule has 7 nitrogen and oxygen atoms in total. The molecule has 2 amide bonds. The predicted octanol–water partition coefficient (Wildman–Crippen LogP) is -0.397. The molecule has 2 heterocycles. The van der Waals surface area contributed by atoms with Gasteiger partial charge in [0.15, 0.2) is 6.10 Å². The summed E-state index contributed by atoms with van der Waals surface area (Å²) in [7, 11) is 0. The molecule has 2 N–H and O–H groups in total. The molecule has 20 heavy (non-hydrogen) atoms. The van der Waals surface area contributed by atoms with Gasteiger partial charge in [-0.15, -0.1) is 0 Å². The first-order valence-corrected chi connectivity index (χ1v) is 6.95. The van der Waals surface area contributed by atoms with Crippen LogP contribution in [-0.4, -0.2) is 59.6 Å². The van der Waals surface area contributed by atoms with Crippen molar-refractivity contribution in [2.45, 2.75) is 38.4 Å². The predicted molar refractivity (Wildman–Crippen MR) is 68.9 cm³/mol. The number of rotatable bonds is 5. The molecule has 2 aliphatic rings. The number of carboxylic acid groups (broad SMARTS) is 1. The van der Waals surface area contributed by atoms with Crippen LogP contribution in [-0.2, 0) is 19.1 Å². The van der Waals surface area contributed by atoms with Gasteiger partial charge < -0.3 is 20.1 Å².